The summed E-state index contributed by atoms with van der Waals surface area (Å²) in [7, 11) is 2.04. The van der Waals surface area contributed by atoms with E-state index < -0.39 is 0 Å². The van der Waals surface area contributed by atoms with Crippen molar-refractivity contribution in [1.82, 2.24) is 15.2 Å². The van der Waals surface area contributed by atoms with E-state index in [-0.39, 0.29) is 24.0 Å². The molecule has 23 heavy (non-hydrogen) atoms. The van der Waals surface area contributed by atoms with Crippen molar-refractivity contribution >= 4 is 41.3 Å². The number of rotatable bonds is 9. The Bertz CT molecular complexity index is 451. The van der Waals surface area contributed by atoms with Crippen molar-refractivity contribution in [3.8, 4) is 0 Å². The third-order valence-corrected chi connectivity index (χ3v) is 3.92. The maximum atomic E-state index is 5.61. The number of nitrogens with one attached hydrogen (secondary N) is 1. The Hall–Kier alpha value is -0.410. The monoisotopic (exact) mass is 454 g/mol. The predicted octanol–water partition coefficient (Wildman–Crippen LogP) is 3.53. The minimum absolute atomic E-state index is 0. The molecule has 0 amide bonds. The van der Waals surface area contributed by atoms with Crippen LogP contribution in [0.2, 0.25) is 0 Å². The van der Waals surface area contributed by atoms with E-state index in [0.717, 1.165) is 42.8 Å². The fourth-order valence-electron chi connectivity index (χ4n) is 1.91. The number of thiazole rings is 1. The maximum absolute atomic E-state index is 5.61. The van der Waals surface area contributed by atoms with E-state index in [1.807, 2.05) is 14.0 Å². The van der Waals surface area contributed by atoms with Crippen LogP contribution in [-0.2, 0) is 11.3 Å². The predicted molar refractivity (Wildman–Crippen MR) is 110 cm³/mol. The summed E-state index contributed by atoms with van der Waals surface area (Å²) in [5, 5.41) is 6.52. The van der Waals surface area contributed by atoms with Crippen LogP contribution >= 0.6 is 35.3 Å². The molecule has 134 valence electrons. The Balaban J connectivity index is 0.00000484. The highest BCUT2D eigenvalue weighted by molar-refractivity contribution is 14.0. The molecule has 5 nitrogen and oxygen atoms in total. The number of nitrogens with zero attached hydrogens (tertiary/aromatic N) is 3. The minimum Gasteiger partial charge on any atom is -0.380 e. The van der Waals surface area contributed by atoms with Crippen molar-refractivity contribution in [3.05, 3.63) is 16.1 Å². The molecule has 1 aromatic rings. The SMILES string of the molecule is CCNC(=NCCOCCC(C)C)N(C)Cc1csc(C)n1.I. The molecular formula is C16H31IN4OS. The highest BCUT2D eigenvalue weighted by Crippen LogP contribution is 2.09. The summed E-state index contributed by atoms with van der Waals surface area (Å²) in [6, 6.07) is 0. The molecule has 0 atom stereocenters. The Morgan fingerprint density at radius 2 is 2.17 bits per heavy atom. The number of aromatic nitrogens is 1. The van der Waals surface area contributed by atoms with Gasteiger partial charge >= 0.3 is 0 Å². The molecule has 0 bridgehead atoms. The number of halogens is 1. The Morgan fingerprint density at radius 3 is 2.74 bits per heavy atom. The van der Waals surface area contributed by atoms with Crippen molar-refractivity contribution in [1.29, 1.82) is 0 Å². The van der Waals surface area contributed by atoms with Gasteiger partial charge in [-0.25, -0.2) is 4.98 Å². The lowest BCUT2D eigenvalue weighted by atomic mass is 10.1. The normalized spacial score (nSPS) is 11.5. The van der Waals surface area contributed by atoms with Gasteiger partial charge in [-0.05, 0) is 26.2 Å². The molecule has 1 aromatic heterocycles. The summed E-state index contributed by atoms with van der Waals surface area (Å²) in [5.41, 5.74) is 1.09. The highest BCUT2D eigenvalue weighted by Gasteiger charge is 2.08. The average molecular weight is 454 g/mol. The average Bonchev–Trinajstić information content (AvgIpc) is 2.86. The lowest BCUT2D eigenvalue weighted by molar-refractivity contribution is 0.130. The molecule has 0 aliphatic heterocycles. The second-order valence-electron chi connectivity index (χ2n) is 5.74. The van der Waals surface area contributed by atoms with Gasteiger partial charge in [-0.1, -0.05) is 13.8 Å². The molecule has 0 fully saturated rings. The first-order valence-electron chi connectivity index (χ1n) is 8.01. The molecule has 0 saturated carbocycles. The fraction of sp³-hybridized carbons (Fsp3) is 0.750. The standard InChI is InChI=1S/C16H30N4OS.HI/c1-6-17-16(18-8-10-21-9-7-13(2)3)20(5)11-15-12-22-14(4)19-15;/h12-13H,6-11H2,1-5H3,(H,17,18);1H. The lowest BCUT2D eigenvalue weighted by Crippen LogP contribution is -2.38. The smallest absolute Gasteiger partial charge is 0.194 e. The molecule has 0 aliphatic carbocycles. The highest BCUT2D eigenvalue weighted by atomic mass is 127. The summed E-state index contributed by atoms with van der Waals surface area (Å²) < 4.78 is 5.61. The summed E-state index contributed by atoms with van der Waals surface area (Å²) in [5.74, 6) is 1.59. The molecular weight excluding hydrogens is 423 g/mol. The second-order valence-corrected chi connectivity index (χ2v) is 6.81. The summed E-state index contributed by atoms with van der Waals surface area (Å²) in [4.78, 5) is 11.2. The third-order valence-electron chi connectivity index (χ3n) is 3.10. The Kier molecular flexibility index (Phi) is 12.7. The van der Waals surface area contributed by atoms with Crippen LogP contribution in [0.15, 0.2) is 10.4 Å². The van der Waals surface area contributed by atoms with Crippen LogP contribution in [0.1, 0.15) is 37.9 Å². The van der Waals surface area contributed by atoms with E-state index >= 15 is 0 Å². The molecule has 0 unspecified atom stereocenters. The number of aliphatic imine (C=N–C) groups is 1. The quantitative estimate of drug-likeness (QED) is 0.269. The largest absolute Gasteiger partial charge is 0.380 e. The zero-order chi connectivity index (χ0) is 16.4. The van der Waals surface area contributed by atoms with Gasteiger partial charge in [-0.3, -0.25) is 4.99 Å². The van der Waals surface area contributed by atoms with Crippen molar-refractivity contribution in [3.63, 3.8) is 0 Å². The van der Waals surface area contributed by atoms with E-state index in [0.29, 0.717) is 19.1 Å². The van der Waals surface area contributed by atoms with Crippen molar-refractivity contribution in [2.75, 3.05) is 33.4 Å². The van der Waals surface area contributed by atoms with Gasteiger partial charge in [0, 0.05) is 25.6 Å². The Morgan fingerprint density at radius 1 is 1.43 bits per heavy atom. The van der Waals surface area contributed by atoms with Gasteiger partial charge in [0.1, 0.15) is 0 Å². The van der Waals surface area contributed by atoms with Gasteiger partial charge < -0.3 is 15.0 Å². The van der Waals surface area contributed by atoms with Crippen LogP contribution in [0.25, 0.3) is 0 Å². The van der Waals surface area contributed by atoms with Crippen LogP contribution in [0, 0.1) is 12.8 Å². The molecule has 0 aromatic carbocycles. The molecule has 0 aliphatic rings. The molecule has 0 radical (unpaired) electrons. The first kappa shape index (κ1) is 22.6. The second kappa shape index (κ2) is 12.9. The summed E-state index contributed by atoms with van der Waals surface area (Å²) in [6.45, 7) is 12.3. The zero-order valence-corrected chi connectivity index (χ0v) is 18.1. The molecule has 1 N–H and O–H groups in total. The van der Waals surface area contributed by atoms with E-state index in [1.165, 1.54) is 0 Å². The van der Waals surface area contributed by atoms with Crippen LogP contribution < -0.4 is 5.32 Å². The van der Waals surface area contributed by atoms with Crippen molar-refractivity contribution in [2.45, 2.75) is 40.7 Å². The third kappa shape index (κ3) is 10.1. The minimum atomic E-state index is 0. The zero-order valence-electron chi connectivity index (χ0n) is 15.0. The van der Waals surface area contributed by atoms with Gasteiger partial charge in [0.25, 0.3) is 0 Å². The van der Waals surface area contributed by atoms with Gasteiger partial charge in [-0.15, -0.1) is 35.3 Å². The van der Waals surface area contributed by atoms with Crippen LogP contribution in [0.4, 0.5) is 0 Å². The number of ether oxygens (including phenoxy) is 1. The molecule has 0 spiro atoms. The number of hydrogen-bond acceptors (Lipinski definition) is 4. The maximum Gasteiger partial charge on any atom is 0.194 e. The number of aryl methyl sites for hydroxylation is 1. The topological polar surface area (TPSA) is 49.8 Å². The van der Waals surface area contributed by atoms with E-state index in [1.54, 1.807) is 11.3 Å². The lowest BCUT2D eigenvalue weighted by Gasteiger charge is -2.21. The van der Waals surface area contributed by atoms with Crippen LogP contribution in [0.3, 0.4) is 0 Å². The van der Waals surface area contributed by atoms with Gasteiger partial charge in [0.05, 0.1) is 30.4 Å². The Labute approximate surface area is 161 Å². The van der Waals surface area contributed by atoms with E-state index in [4.69, 9.17) is 4.74 Å². The number of hydrogen-bond donors (Lipinski definition) is 1. The van der Waals surface area contributed by atoms with E-state index in [2.05, 4.69) is 46.3 Å². The van der Waals surface area contributed by atoms with Gasteiger partial charge in [-0.2, -0.15) is 0 Å². The molecule has 1 rings (SSSR count). The van der Waals surface area contributed by atoms with Crippen molar-refractivity contribution in [2.24, 2.45) is 10.9 Å². The van der Waals surface area contributed by atoms with Gasteiger partial charge in [0.15, 0.2) is 5.96 Å². The molecule has 7 heteroatoms. The van der Waals surface area contributed by atoms with Crippen LogP contribution in [0.5, 0.6) is 0 Å². The fourth-order valence-corrected chi connectivity index (χ4v) is 2.51. The molecule has 1 heterocycles. The van der Waals surface area contributed by atoms with Gasteiger partial charge in [0.2, 0.25) is 0 Å². The first-order chi connectivity index (χ1) is 10.5. The first-order valence-corrected chi connectivity index (χ1v) is 8.89. The van der Waals surface area contributed by atoms with E-state index in [9.17, 15) is 0 Å². The summed E-state index contributed by atoms with van der Waals surface area (Å²) >= 11 is 1.68. The number of guanidine groups is 1. The molecule has 0 saturated heterocycles. The van der Waals surface area contributed by atoms with Crippen molar-refractivity contribution < 1.29 is 4.74 Å². The van der Waals surface area contributed by atoms with Crippen LogP contribution in [-0.4, -0.2) is 49.2 Å². The summed E-state index contributed by atoms with van der Waals surface area (Å²) in [6.07, 6.45) is 1.10.